The quantitative estimate of drug-likeness (QED) is 0.235. The number of carbonyl (C=O) groups excluding carboxylic acids is 2. The van der Waals surface area contributed by atoms with E-state index in [1.54, 1.807) is 0 Å². The van der Waals surface area contributed by atoms with E-state index in [-0.39, 0.29) is 12.1 Å². The lowest BCUT2D eigenvalue weighted by atomic mass is 10.00. The van der Waals surface area contributed by atoms with Gasteiger partial charge in [0, 0.05) is 22.7 Å². The third-order valence-corrected chi connectivity index (χ3v) is 6.07. The molecule has 0 saturated heterocycles. The molecule has 0 heterocycles. The van der Waals surface area contributed by atoms with Gasteiger partial charge < -0.3 is 21.3 Å². The number of rotatable bonds is 5. The van der Waals surface area contributed by atoms with Gasteiger partial charge in [-0.3, -0.25) is 0 Å². The van der Waals surface area contributed by atoms with Crippen molar-refractivity contribution < 1.29 is 9.59 Å². The van der Waals surface area contributed by atoms with Crippen LogP contribution in [-0.4, -0.2) is 12.1 Å². The number of urea groups is 2. The van der Waals surface area contributed by atoms with Crippen molar-refractivity contribution in [2.24, 2.45) is 0 Å². The molecule has 4 amide bonds. The van der Waals surface area contributed by atoms with Gasteiger partial charge in [-0.05, 0) is 97.5 Å². The van der Waals surface area contributed by atoms with E-state index in [0.717, 1.165) is 56.1 Å². The molecule has 0 saturated carbocycles. The van der Waals surface area contributed by atoms with E-state index < -0.39 is 0 Å². The maximum absolute atomic E-state index is 12.5. The smallest absolute Gasteiger partial charge is 0.307 e. The summed E-state index contributed by atoms with van der Waals surface area (Å²) < 4.78 is 0. The van der Waals surface area contributed by atoms with Crippen molar-refractivity contribution in [2.45, 2.75) is 27.7 Å². The molecular formula is C30H30N4O2. The summed E-state index contributed by atoms with van der Waals surface area (Å²) in [4.78, 5) is 25.0. The standard InChI is InChI=1S/C30H30N4O2/c1-19-9-5-7-11-25(19)31-29(35)33-27-15-13-23(17-21(27)3)24-14-16-28(22(4)18-24)34-30(36)32-26-12-8-6-10-20(26)2/h5-18H,1-4H3,(H2,31,33,35)(H2,32,34,36). The first-order valence-electron chi connectivity index (χ1n) is 11.8. The second-order valence-electron chi connectivity index (χ2n) is 8.85. The molecule has 4 N–H and O–H groups in total. The lowest BCUT2D eigenvalue weighted by molar-refractivity contribution is 0.261. The summed E-state index contributed by atoms with van der Waals surface area (Å²) >= 11 is 0. The Hall–Kier alpha value is -4.58. The van der Waals surface area contributed by atoms with Crippen molar-refractivity contribution in [1.82, 2.24) is 0 Å². The van der Waals surface area contributed by atoms with Crippen molar-refractivity contribution in [1.29, 1.82) is 0 Å². The van der Waals surface area contributed by atoms with Crippen LogP contribution >= 0.6 is 0 Å². The van der Waals surface area contributed by atoms with E-state index in [1.165, 1.54) is 0 Å². The molecule has 0 aliphatic heterocycles. The van der Waals surface area contributed by atoms with E-state index in [0.29, 0.717) is 0 Å². The molecule has 4 aromatic carbocycles. The number of carbonyl (C=O) groups is 2. The molecule has 0 aliphatic carbocycles. The number of benzene rings is 4. The minimum absolute atomic E-state index is 0.282. The molecule has 0 atom stereocenters. The monoisotopic (exact) mass is 478 g/mol. The van der Waals surface area contributed by atoms with E-state index in [1.807, 2.05) is 113 Å². The van der Waals surface area contributed by atoms with Gasteiger partial charge in [0.05, 0.1) is 0 Å². The zero-order valence-electron chi connectivity index (χ0n) is 20.9. The van der Waals surface area contributed by atoms with Crippen LogP contribution in [0.5, 0.6) is 0 Å². The first-order chi connectivity index (χ1) is 17.3. The Balaban J connectivity index is 1.42. The van der Waals surface area contributed by atoms with Crippen LogP contribution in [0.25, 0.3) is 11.1 Å². The number of hydrogen-bond acceptors (Lipinski definition) is 2. The van der Waals surface area contributed by atoms with E-state index in [2.05, 4.69) is 21.3 Å². The van der Waals surface area contributed by atoms with Gasteiger partial charge in [0.2, 0.25) is 0 Å². The fourth-order valence-electron chi connectivity index (χ4n) is 3.95. The van der Waals surface area contributed by atoms with Crippen LogP contribution in [0.3, 0.4) is 0 Å². The molecule has 0 fully saturated rings. The van der Waals surface area contributed by atoms with Gasteiger partial charge in [-0.25, -0.2) is 9.59 Å². The lowest BCUT2D eigenvalue weighted by Gasteiger charge is -2.14. The average Bonchev–Trinajstić information content (AvgIpc) is 2.84. The van der Waals surface area contributed by atoms with Gasteiger partial charge in [-0.15, -0.1) is 0 Å². The zero-order valence-corrected chi connectivity index (χ0v) is 20.9. The Labute approximate surface area is 211 Å². The fraction of sp³-hybridized carbons (Fsp3) is 0.133. The third kappa shape index (κ3) is 5.91. The molecule has 36 heavy (non-hydrogen) atoms. The number of anilines is 4. The average molecular weight is 479 g/mol. The highest BCUT2D eigenvalue weighted by molar-refractivity contribution is 6.01. The molecule has 0 unspecified atom stereocenters. The SMILES string of the molecule is Cc1ccccc1NC(=O)Nc1ccc(-c2ccc(NC(=O)Nc3ccccc3C)c(C)c2)cc1C. The molecule has 0 aromatic heterocycles. The molecular weight excluding hydrogens is 448 g/mol. The first-order valence-corrected chi connectivity index (χ1v) is 11.8. The van der Waals surface area contributed by atoms with Crippen molar-refractivity contribution in [2.75, 3.05) is 21.3 Å². The Morgan fingerprint density at radius 1 is 0.444 bits per heavy atom. The van der Waals surface area contributed by atoms with Crippen LogP contribution in [0.1, 0.15) is 22.3 Å². The van der Waals surface area contributed by atoms with Crippen LogP contribution in [0.4, 0.5) is 32.3 Å². The largest absolute Gasteiger partial charge is 0.323 e. The Morgan fingerprint density at radius 2 is 0.778 bits per heavy atom. The highest BCUT2D eigenvalue weighted by Crippen LogP contribution is 2.28. The van der Waals surface area contributed by atoms with Gasteiger partial charge in [0.25, 0.3) is 0 Å². The number of hydrogen-bond donors (Lipinski definition) is 4. The summed E-state index contributed by atoms with van der Waals surface area (Å²) in [6.07, 6.45) is 0. The van der Waals surface area contributed by atoms with Crippen LogP contribution in [-0.2, 0) is 0 Å². The zero-order chi connectivity index (χ0) is 25.7. The van der Waals surface area contributed by atoms with Gasteiger partial charge >= 0.3 is 12.1 Å². The summed E-state index contributed by atoms with van der Waals surface area (Å²) in [7, 11) is 0. The Morgan fingerprint density at radius 3 is 1.11 bits per heavy atom. The molecule has 182 valence electrons. The molecule has 4 aromatic rings. The van der Waals surface area contributed by atoms with Gasteiger partial charge in [-0.1, -0.05) is 48.5 Å². The maximum Gasteiger partial charge on any atom is 0.323 e. The Kier molecular flexibility index (Phi) is 7.35. The van der Waals surface area contributed by atoms with Crippen LogP contribution < -0.4 is 21.3 Å². The van der Waals surface area contributed by atoms with Gasteiger partial charge in [0.15, 0.2) is 0 Å². The normalized spacial score (nSPS) is 10.4. The number of aryl methyl sites for hydroxylation is 4. The van der Waals surface area contributed by atoms with E-state index >= 15 is 0 Å². The van der Waals surface area contributed by atoms with Crippen LogP contribution in [0, 0.1) is 27.7 Å². The number of para-hydroxylation sites is 2. The van der Waals surface area contributed by atoms with E-state index in [9.17, 15) is 9.59 Å². The predicted octanol–water partition coefficient (Wildman–Crippen LogP) is 7.88. The summed E-state index contributed by atoms with van der Waals surface area (Å²) in [6.45, 7) is 7.83. The second kappa shape index (κ2) is 10.8. The van der Waals surface area contributed by atoms with Crippen molar-refractivity contribution in [3.05, 3.63) is 107 Å². The highest BCUT2D eigenvalue weighted by Gasteiger charge is 2.10. The van der Waals surface area contributed by atoms with Crippen molar-refractivity contribution in [3.63, 3.8) is 0 Å². The summed E-state index contributed by atoms with van der Waals surface area (Å²) in [5.41, 5.74) is 8.99. The third-order valence-electron chi connectivity index (χ3n) is 6.07. The molecule has 6 heteroatoms. The van der Waals surface area contributed by atoms with Crippen LogP contribution in [0.2, 0.25) is 0 Å². The fourth-order valence-corrected chi connectivity index (χ4v) is 3.95. The van der Waals surface area contributed by atoms with Crippen molar-refractivity contribution in [3.8, 4) is 11.1 Å². The minimum Gasteiger partial charge on any atom is -0.307 e. The molecule has 0 spiro atoms. The minimum atomic E-state index is -0.282. The van der Waals surface area contributed by atoms with E-state index in [4.69, 9.17) is 0 Å². The van der Waals surface area contributed by atoms with Crippen molar-refractivity contribution >= 4 is 34.8 Å². The van der Waals surface area contributed by atoms with Gasteiger partial charge in [-0.2, -0.15) is 0 Å². The Bertz CT molecular complexity index is 1320. The first kappa shape index (κ1) is 24.5. The second-order valence-corrected chi connectivity index (χ2v) is 8.85. The van der Waals surface area contributed by atoms with Gasteiger partial charge in [0.1, 0.15) is 0 Å². The number of amides is 4. The maximum atomic E-state index is 12.5. The topological polar surface area (TPSA) is 82.3 Å². The number of nitrogens with one attached hydrogen (secondary N) is 4. The molecule has 0 aliphatic rings. The van der Waals surface area contributed by atoms with Crippen LogP contribution in [0.15, 0.2) is 84.9 Å². The predicted molar refractivity (Wildman–Crippen MR) is 149 cm³/mol. The summed E-state index contributed by atoms with van der Waals surface area (Å²) in [5, 5.41) is 11.6. The molecule has 4 rings (SSSR count). The molecule has 0 radical (unpaired) electrons. The summed E-state index contributed by atoms with van der Waals surface area (Å²) in [5.74, 6) is 0. The summed E-state index contributed by atoms with van der Waals surface area (Å²) in [6, 6.07) is 26.6. The highest BCUT2D eigenvalue weighted by atomic mass is 16.2. The lowest BCUT2D eigenvalue weighted by Crippen LogP contribution is -2.20. The molecule has 0 bridgehead atoms. The molecule has 6 nitrogen and oxygen atoms in total.